The van der Waals surface area contributed by atoms with Crippen LogP contribution in [0.5, 0.6) is 0 Å². The molecule has 208 valence electrons. The molecule has 3 atom stereocenters. The summed E-state index contributed by atoms with van der Waals surface area (Å²) in [6.07, 6.45) is 4.41. The number of hydrogen-bond acceptors (Lipinski definition) is 5. The maximum Gasteiger partial charge on any atom is 0.325 e. The molecule has 39 heavy (non-hydrogen) atoms. The number of halogens is 1. The lowest BCUT2D eigenvalue weighted by Crippen LogP contribution is -2.46. The number of aliphatic carboxylic acids is 1. The van der Waals surface area contributed by atoms with Gasteiger partial charge in [0.05, 0.1) is 5.60 Å². The van der Waals surface area contributed by atoms with Crippen molar-refractivity contribution in [1.82, 2.24) is 9.80 Å². The Kier molecular flexibility index (Phi) is 9.09. The molecule has 2 N–H and O–H groups in total. The molecular weight excluding hydrogens is 528 g/mol. The smallest absolute Gasteiger partial charge is 0.325 e. The van der Waals surface area contributed by atoms with Crippen LogP contribution in [0.2, 0.25) is 5.02 Å². The summed E-state index contributed by atoms with van der Waals surface area (Å²) < 4.78 is 0. The van der Waals surface area contributed by atoms with Gasteiger partial charge in [0, 0.05) is 43.7 Å². The molecule has 0 saturated carbocycles. The SMILES string of the molecule is Cc1ccc(C(C(=O)O)N2C[C@@H](CN3CCC(O)(CCCc4ccccc4)CC3)[C@H](c3ccsc3)C2)c(Cl)c1. The highest BCUT2D eigenvalue weighted by molar-refractivity contribution is 7.08. The highest BCUT2D eigenvalue weighted by Gasteiger charge is 2.42. The Morgan fingerprint density at radius 1 is 1.13 bits per heavy atom. The number of aliphatic hydroxyl groups is 1. The molecule has 0 amide bonds. The van der Waals surface area contributed by atoms with Gasteiger partial charge < -0.3 is 15.1 Å². The fourth-order valence-corrected chi connectivity index (χ4v) is 7.57. The third-order valence-corrected chi connectivity index (χ3v) is 9.75. The number of hydrogen-bond donors (Lipinski definition) is 2. The molecule has 0 aliphatic carbocycles. The summed E-state index contributed by atoms with van der Waals surface area (Å²) >= 11 is 8.25. The Bertz CT molecular complexity index is 1230. The zero-order valence-electron chi connectivity index (χ0n) is 22.6. The van der Waals surface area contributed by atoms with Crippen LogP contribution in [0.3, 0.4) is 0 Å². The molecule has 0 bridgehead atoms. The third-order valence-electron chi connectivity index (χ3n) is 8.72. The van der Waals surface area contributed by atoms with Crippen LogP contribution in [0.4, 0.5) is 0 Å². The van der Waals surface area contributed by atoms with E-state index in [1.807, 2.05) is 31.2 Å². The summed E-state index contributed by atoms with van der Waals surface area (Å²) in [5, 5.41) is 26.4. The first-order chi connectivity index (χ1) is 18.8. The molecule has 5 nitrogen and oxygen atoms in total. The third kappa shape index (κ3) is 6.93. The van der Waals surface area contributed by atoms with Crippen molar-refractivity contribution in [3.05, 3.63) is 92.6 Å². The number of thiophene rings is 1. The van der Waals surface area contributed by atoms with Crippen LogP contribution in [0, 0.1) is 12.8 Å². The van der Waals surface area contributed by atoms with Crippen LogP contribution >= 0.6 is 22.9 Å². The van der Waals surface area contributed by atoms with Crippen molar-refractivity contribution in [3.63, 3.8) is 0 Å². The standard InChI is InChI=1S/C32H39ClN2O3S/c1-23-9-10-27(29(33)18-23)30(31(36)37)35-20-26(28(21-35)25-11-17-39-22-25)19-34-15-13-32(38,14-16-34)12-5-8-24-6-3-2-4-7-24/h2-4,6-7,9-11,17-18,22,26,28,30,38H,5,8,12-16,19-21H2,1H3,(H,36,37)/t26-,28+,30?/m1/s1. The quantitative estimate of drug-likeness (QED) is 0.297. The Hall–Kier alpha value is -2.22. The van der Waals surface area contributed by atoms with Crippen LogP contribution in [-0.4, -0.2) is 64.3 Å². The molecule has 0 spiro atoms. The van der Waals surface area contributed by atoms with Crippen molar-refractivity contribution < 1.29 is 15.0 Å². The minimum absolute atomic E-state index is 0.272. The van der Waals surface area contributed by atoms with Crippen molar-refractivity contribution in [1.29, 1.82) is 0 Å². The first-order valence-electron chi connectivity index (χ1n) is 14.0. The largest absolute Gasteiger partial charge is 0.480 e. The van der Waals surface area contributed by atoms with Crippen molar-refractivity contribution >= 4 is 28.9 Å². The molecule has 2 aliphatic rings. The highest BCUT2D eigenvalue weighted by atomic mass is 35.5. The number of carbonyl (C=O) groups is 1. The Morgan fingerprint density at radius 2 is 1.90 bits per heavy atom. The van der Waals surface area contributed by atoms with Gasteiger partial charge in [-0.1, -0.05) is 54.1 Å². The number of aryl methyl sites for hydroxylation is 2. The second-order valence-corrected chi connectivity index (χ2v) is 12.7. The second kappa shape index (κ2) is 12.5. The fourth-order valence-electron chi connectivity index (χ4n) is 6.50. The van der Waals surface area contributed by atoms with Gasteiger partial charge in [-0.15, -0.1) is 0 Å². The fraction of sp³-hybridized carbons (Fsp3) is 0.469. The zero-order chi connectivity index (χ0) is 27.4. The molecule has 1 unspecified atom stereocenters. The van der Waals surface area contributed by atoms with Gasteiger partial charge in [-0.25, -0.2) is 0 Å². The van der Waals surface area contributed by atoms with Gasteiger partial charge in [-0.05, 0) is 90.1 Å². The average Bonchev–Trinajstić information content (AvgIpc) is 3.58. The van der Waals surface area contributed by atoms with Gasteiger partial charge in [0.2, 0.25) is 0 Å². The van der Waals surface area contributed by atoms with Crippen LogP contribution in [0.15, 0.2) is 65.4 Å². The normalized spacial score (nSPS) is 22.6. The van der Waals surface area contributed by atoms with E-state index in [0.29, 0.717) is 29.6 Å². The van der Waals surface area contributed by atoms with Gasteiger partial charge >= 0.3 is 5.97 Å². The van der Waals surface area contributed by atoms with E-state index in [-0.39, 0.29) is 5.92 Å². The molecule has 3 heterocycles. The number of carboxylic acids is 1. The lowest BCUT2D eigenvalue weighted by atomic mass is 9.84. The molecule has 5 rings (SSSR count). The second-order valence-electron chi connectivity index (χ2n) is 11.5. The lowest BCUT2D eigenvalue weighted by Gasteiger charge is -2.40. The highest BCUT2D eigenvalue weighted by Crippen LogP contribution is 2.40. The first-order valence-corrected chi connectivity index (χ1v) is 15.4. The topological polar surface area (TPSA) is 64.0 Å². The zero-order valence-corrected chi connectivity index (χ0v) is 24.2. The molecule has 2 fully saturated rings. The van der Waals surface area contributed by atoms with Gasteiger partial charge in [0.15, 0.2) is 0 Å². The summed E-state index contributed by atoms with van der Waals surface area (Å²) in [5.41, 5.74) is 3.72. The van der Waals surface area contributed by atoms with Gasteiger partial charge in [-0.3, -0.25) is 9.69 Å². The molecule has 2 saturated heterocycles. The molecule has 3 aromatic rings. The maximum absolute atomic E-state index is 12.5. The maximum atomic E-state index is 12.5. The van der Waals surface area contributed by atoms with Crippen molar-refractivity contribution in [3.8, 4) is 0 Å². The average molecular weight is 567 g/mol. The van der Waals surface area contributed by atoms with E-state index >= 15 is 0 Å². The number of nitrogens with zero attached hydrogens (tertiary/aromatic N) is 2. The van der Waals surface area contributed by atoms with Crippen LogP contribution in [0.1, 0.15) is 59.9 Å². The van der Waals surface area contributed by atoms with Crippen molar-refractivity contribution in [2.24, 2.45) is 5.92 Å². The molecule has 1 aromatic heterocycles. The monoisotopic (exact) mass is 566 g/mol. The Morgan fingerprint density at radius 3 is 2.56 bits per heavy atom. The van der Waals surface area contributed by atoms with Gasteiger partial charge in [0.1, 0.15) is 6.04 Å². The van der Waals surface area contributed by atoms with Crippen molar-refractivity contribution in [2.75, 3.05) is 32.7 Å². The predicted octanol–water partition coefficient (Wildman–Crippen LogP) is 6.40. The number of likely N-dealkylation sites (tertiary alicyclic amines) is 2. The van der Waals surface area contributed by atoms with E-state index in [0.717, 1.165) is 57.3 Å². The molecule has 2 aliphatic heterocycles. The molecule has 0 radical (unpaired) electrons. The minimum atomic E-state index is -0.857. The molecule has 7 heteroatoms. The van der Waals surface area contributed by atoms with E-state index in [4.69, 9.17) is 11.6 Å². The van der Waals surface area contributed by atoms with Crippen molar-refractivity contribution in [2.45, 2.75) is 56.6 Å². The number of piperidine rings is 1. The summed E-state index contributed by atoms with van der Waals surface area (Å²) in [5.74, 6) is -0.270. The number of rotatable bonds is 10. The van der Waals surface area contributed by atoms with E-state index in [9.17, 15) is 15.0 Å². The van der Waals surface area contributed by atoms with E-state index in [1.165, 1.54) is 11.1 Å². The number of benzene rings is 2. The van der Waals surface area contributed by atoms with E-state index in [2.05, 4.69) is 50.9 Å². The molecular formula is C32H39ClN2O3S. The predicted molar refractivity (Wildman–Crippen MR) is 159 cm³/mol. The van der Waals surface area contributed by atoms with Crippen LogP contribution in [-0.2, 0) is 11.2 Å². The Balaban J connectivity index is 1.23. The Labute approximate surface area is 241 Å². The molecule has 2 aromatic carbocycles. The lowest BCUT2D eigenvalue weighted by molar-refractivity contribution is -0.143. The minimum Gasteiger partial charge on any atom is -0.480 e. The summed E-state index contributed by atoms with van der Waals surface area (Å²) in [4.78, 5) is 17.1. The van der Waals surface area contributed by atoms with Crippen LogP contribution in [0.25, 0.3) is 0 Å². The summed E-state index contributed by atoms with van der Waals surface area (Å²) in [6, 6.07) is 17.6. The first kappa shape index (κ1) is 28.3. The van der Waals surface area contributed by atoms with Gasteiger partial charge in [0.25, 0.3) is 0 Å². The van der Waals surface area contributed by atoms with E-state index in [1.54, 1.807) is 11.3 Å². The summed E-state index contributed by atoms with van der Waals surface area (Å²) in [7, 11) is 0. The van der Waals surface area contributed by atoms with Gasteiger partial charge in [-0.2, -0.15) is 11.3 Å². The van der Waals surface area contributed by atoms with Crippen LogP contribution < -0.4 is 0 Å². The summed E-state index contributed by atoms with van der Waals surface area (Å²) in [6.45, 7) is 6.03. The number of carboxylic acid groups (broad SMARTS) is 1. The van der Waals surface area contributed by atoms with E-state index < -0.39 is 17.6 Å².